The van der Waals surface area contributed by atoms with Crippen LogP contribution in [-0.4, -0.2) is 78.9 Å². The summed E-state index contributed by atoms with van der Waals surface area (Å²) in [5.74, 6) is -0.877. The maximum absolute atomic E-state index is 12.6. The fourth-order valence-corrected chi connectivity index (χ4v) is 4.50. The lowest BCUT2D eigenvalue weighted by molar-refractivity contribution is -0.126. The fraction of sp³-hybridized carbons (Fsp3) is 0.522. The first kappa shape index (κ1) is 27.5. The lowest BCUT2D eigenvalue weighted by atomic mass is 10.2. The number of benzene rings is 1. The zero-order valence-electron chi connectivity index (χ0n) is 20.3. The van der Waals surface area contributed by atoms with E-state index in [4.69, 9.17) is 11.5 Å². The molecule has 1 aromatic rings. The molecule has 0 radical (unpaired) electrons. The molecular formula is C23H37N7O3S. The van der Waals surface area contributed by atoms with Crippen LogP contribution in [0.3, 0.4) is 0 Å². The Bertz CT molecular complexity index is 887. The number of nitrogens with two attached hydrogens (primary N) is 2. The van der Waals surface area contributed by atoms with Gasteiger partial charge in [-0.1, -0.05) is 6.07 Å². The van der Waals surface area contributed by atoms with Crippen molar-refractivity contribution in [1.82, 2.24) is 20.0 Å². The molecule has 11 heteroatoms. The molecule has 0 aliphatic carbocycles. The van der Waals surface area contributed by atoms with Gasteiger partial charge in [-0.3, -0.25) is 14.4 Å². The van der Waals surface area contributed by atoms with Gasteiger partial charge in [-0.2, -0.15) is 0 Å². The Morgan fingerprint density at radius 3 is 2.53 bits per heavy atom. The third kappa shape index (κ3) is 7.93. The van der Waals surface area contributed by atoms with Gasteiger partial charge in [0, 0.05) is 50.3 Å². The summed E-state index contributed by atoms with van der Waals surface area (Å²) in [6.07, 6.45) is 3.43. The number of likely N-dealkylation sites (tertiary alicyclic amines) is 1. The summed E-state index contributed by atoms with van der Waals surface area (Å²) in [7, 11) is 1.53. The van der Waals surface area contributed by atoms with E-state index in [-0.39, 0.29) is 29.2 Å². The van der Waals surface area contributed by atoms with Gasteiger partial charge >= 0.3 is 0 Å². The molecule has 10 nitrogen and oxygen atoms in total. The molecule has 1 aliphatic rings. The SMILES string of the molecule is CCN(C(C)=O)/C(SNc1cccc(C(=O)NCCCN2CCCC2)c1)=C(\N)C(=O)N(C)CN. The number of likely N-dealkylation sites (N-methyl/N-ethyl adjacent to an activating group) is 1. The Kier molecular flexibility index (Phi) is 11.2. The summed E-state index contributed by atoms with van der Waals surface area (Å²) in [4.78, 5) is 42.4. The van der Waals surface area contributed by atoms with Crippen LogP contribution in [0.5, 0.6) is 0 Å². The van der Waals surface area contributed by atoms with Crippen LogP contribution in [0.15, 0.2) is 35.0 Å². The fourth-order valence-electron chi connectivity index (χ4n) is 3.59. The average molecular weight is 492 g/mol. The lowest BCUT2D eigenvalue weighted by Crippen LogP contribution is -2.38. The van der Waals surface area contributed by atoms with Gasteiger partial charge in [0.15, 0.2) is 0 Å². The first-order valence-electron chi connectivity index (χ1n) is 11.5. The maximum atomic E-state index is 12.6. The molecule has 1 aliphatic heterocycles. The summed E-state index contributed by atoms with van der Waals surface area (Å²) in [5.41, 5.74) is 12.7. The van der Waals surface area contributed by atoms with Crippen molar-refractivity contribution >= 4 is 35.4 Å². The van der Waals surface area contributed by atoms with E-state index in [2.05, 4.69) is 14.9 Å². The van der Waals surface area contributed by atoms with Gasteiger partial charge in [-0.25, -0.2) is 0 Å². The Morgan fingerprint density at radius 1 is 1.21 bits per heavy atom. The molecule has 0 atom stereocenters. The maximum Gasteiger partial charge on any atom is 0.273 e. The van der Waals surface area contributed by atoms with Gasteiger partial charge in [0.2, 0.25) is 5.91 Å². The number of hydrogen-bond donors (Lipinski definition) is 4. The predicted octanol–water partition coefficient (Wildman–Crippen LogP) is 1.33. The predicted molar refractivity (Wildman–Crippen MR) is 136 cm³/mol. The topological polar surface area (TPSA) is 137 Å². The number of carbonyl (C=O) groups is 3. The summed E-state index contributed by atoms with van der Waals surface area (Å²) < 4.78 is 3.10. The van der Waals surface area contributed by atoms with E-state index in [0.29, 0.717) is 24.3 Å². The van der Waals surface area contributed by atoms with Crippen molar-refractivity contribution in [3.05, 3.63) is 40.6 Å². The highest BCUT2D eigenvalue weighted by Gasteiger charge is 2.23. The second kappa shape index (κ2) is 13.8. The lowest BCUT2D eigenvalue weighted by Gasteiger charge is -2.25. The highest BCUT2D eigenvalue weighted by atomic mass is 32.2. The van der Waals surface area contributed by atoms with Crippen LogP contribution >= 0.6 is 11.9 Å². The first-order valence-corrected chi connectivity index (χ1v) is 12.4. The number of anilines is 1. The Labute approximate surface area is 206 Å². The van der Waals surface area contributed by atoms with Gasteiger partial charge in [0.25, 0.3) is 11.8 Å². The molecule has 188 valence electrons. The van der Waals surface area contributed by atoms with Crippen molar-refractivity contribution in [3.63, 3.8) is 0 Å². The monoisotopic (exact) mass is 491 g/mol. The van der Waals surface area contributed by atoms with Crippen molar-refractivity contribution in [2.45, 2.75) is 33.1 Å². The highest BCUT2D eigenvalue weighted by Crippen LogP contribution is 2.26. The molecule has 0 bridgehead atoms. The number of nitrogens with one attached hydrogen (secondary N) is 2. The zero-order valence-corrected chi connectivity index (χ0v) is 21.1. The van der Waals surface area contributed by atoms with Crippen LogP contribution in [0.25, 0.3) is 0 Å². The van der Waals surface area contributed by atoms with Crippen molar-refractivity contribution in [1.29, 1.82) is 0 Å². The third-order valence-corrected chi connectivity index (χ3v) is 6.52. The van der Waals surface area contributed by atoms with Crippen LogP contribution in [0.4, 0.5) is 5.69 Å². The molecule has 34 heavy (non-hydrogen) atoms. The van der Waals surface area contributed by atoms with Crippen LogP contribution in [0.2, 0.25) is 0 Å². The summed E-state index contributed by atoms with van der Waals surface area (Å²) in [5, 5.41) is 3.24. The van der Waals surface area contributed by atoms with E-state index < -0.39 is 5.91 Å². The van der Waals surface area contributed by atoms with E-state index in [1.165, 1.54) is 36.6 Å². The standard InChI is InChI=1S/C23H37N7O3S/c1-4-30(17(2)31)23(20(25)22(33)28(3)16-24)34-27-19-10-7-9-18(15-19)21(32)26-11-8-14-29-12-5-6-13-29/h7,9-10,15,27H,4-6,8,11-14,16,24-25H2,1-3H3,(H,26,32)/b23-20+. The quantitative estimate of drug-likeness (QED) is 0.149. The van der Waals surface area contributed by atoms with E-state index in [1.54, 1.807) is 31.2 Å². The Balaban J connectivity index is 2.04. The van der Waals surface area contributed by atoms with Gasteiger partial charge in [-0.15, -0.1) is 0 Å². The highest BCUT2D eigenvalue weighted by molar-refractivity contribution is 8.04. The number of amides is 3. The Morgan fingerprint density at radius 2 is 1.91 bits per heavy atom. The van der Waals surface area contributed by atoms with Crippen LogP contribution in [0, 0.1) is 0 Å². The van der Waals surface area contributed by atoms with Crippen LogP contribution in [0.1, 0.15) is 43.5 Å². The molecule has 1 fully saturated rings. The number of rotatable bonds is 12. The van der Waals surface area contributed by atoms with Crippen molar-refractivity contribution in [3.8, 4) is 0 Å². The summed E-state index contributed by atoms with van der Waals surface area (Å²) in [6, 6.07) is 7.02. The van der Waals surface area contributed by atoms with Gasteiger partial charge in [0.05, 0.1) is 6.67 Å². The zero-order chi connectivity index (χ0) is 25.1. The molecule has 2 rings (SSSR count). The second-order valence-corrected chi connectivity index (χ2v) is 8.91. The molecule has 1 saturated heterocycles. The molecule has 0 saturated carbocycles. The molecule has 0 aromatic heterocycles. The van der Waals surface area contributed by atoms with E-state index in [1.807, 2.05) is 0 Å². The smallest absolute Gasteiger partial charge is 0.273 e. The van der Waals surface area contributed by atoms with Crippen molar-refractivity contribution < 1.29 is 14.4 Å². The second-order valence-electron chi connectivity index (χ2n) is 8.11. The summed E-state index contributed by atoms with van der Waals surface area (Å²) >= 11 is 1.04. The number of carbonyl (C=O) groups excluding carboxylic acids is 3. The van der Waals surface area contributed by atoms with Gasteiger partial charge in [-0.05, 0) is 64.0 Å². The largest absolute Gasteiger partial charge is 0.392 e. The van der Waals surface area contributed by atoms with Gasteiger partial charge in [0.1, 0.15) is 10.7 Å². The molecule has 1 aromatic carbocycles. The Hall–Kier alpha value is -2.76. The third-order valence-electron chi connectivity index (χ3n) is 5.55. The normalized spacial score (nSPS) is 14.4. The minimum Gasteiger partial charge on any atom is -0.392 e. The van der Waals surface area contributed by atoms with Crippen molar-refractivity contribution in [2.24, 2.45) is 11.5 Å². The number of nitrogens with zero attached hydrogens (tertiary/aromatic N) is 3. The van der Waals surface area contributed by atoms with E-state index >= 15 is 0 Å². The van der Waals surface area contributed by atoms with Crippen LogP contribution in [-0.2, 0) is 9.59 Å². The molecular weight excluding hydrogens is 454 g/mol. The molecule has 6 N–H and O–H groups in total. The van der Waals surface area contributed by atoms with E-state index in [9.17, 15) is 14.4 Å². The minimum atomic E-state index is -0.478. The summed E-state index contributed by atoms with van der Waals surface area (Å²) in [6.45, 7) is 7.43. The molecule has 0 spiro atoms. The minimum absolute atomic E-state index is 0.00765. The average Bonchev–Trinajstić information content (AvgIpc) is 3.36. The molecule has 0 unspecified atom stereocenters. The first-order chi connectivity index (χ1) is 16.3. The number of hydrogen-bond acceptors (Lipinski definition) is 8. The van der Waals surface area contributed by atoms with Gasteiger partial charge < -0.3 is 36.2 Å². The van der Waals surface area contributed by atoms with Crippen LogP contribution < -0.4 is 21.5 Å². The van der Waals surface area contributed by atoms with Crippen molar-refractivity contribution in [2.75, 3.05) is 51.2 Å². The van der Waals surface area contributed by atoms with E-state index in [0.717, 1.165) is 38.0 Å². The molecule has 3 amide bonds. The molecule has 1 heterocycles.